The van der Waals surface area contributed by atoms with Crippen LogP contribution in [0.2, 0.25) is 0 Å². The average molecular weight is 329 g/mol. The molecule has 0 spiro atoms. The number of benzene rings is 1. The molecule has 0 atom stereocenters. The van der Waals surface area contributed by atoms with Crippen molar-refractivity contribution in [3.05, 3.63) is 40.9 Å². The summed E-state index contributed by atoms with van der Waals surface area (Å²) < 4.78 is 1.28. The van der Waals surface area contributed by atoms with Crippen molar-refractivity contribution >= 4 is 22.8 Å². The molecule has 1 aliphatic rings. The van der Waals surface area contributed by atoms with Gasteiger partial charge in [-0.15, -0.1) is 0 Å². The molecule has 1 aromatic carbocycles. The van der Waals surface area contributed by atoms with E-state index >= 15 is 0 Å². The molecule has 0 bridgehead atoms. The van der Waals surface area contributed by atoms with Gasteiger partial charge in [-0.05, 0) is 38.1 Å². The Labute approximate surface area is 138 Å². The Morgan fingerprint density at radius 1 is 1.17 bits per heavy atom. The van der Waals surface area contributed by atoms with Gasteiger partial charge in [-0.3, -0.25) is 24.4 Å². The van der Waals surface area contributed by atoms with Crippen molar-refractivity contribution in [3.63, 3.8) is 0 Å². The van der Waals surface area contributed by atoms with Gasteiger partial charge < -0.3 is 5.32 Å². The fourth-order valence-corrected chi connectivity index (χ4v) is 2.73. The fraction of sp³-hybridized carbons (Fsp3) is 0.375. The van der Waals surface area contributed by atoms with Gasteiger partial charge in [0.15, 0.2) is 0 Å². The lowest BCUT2D eigenvalue weighted by atomic mass is 10.2. The highest BCUT2D eigenvalue weighted by atomic mass is 16.2. The third-order valence-electron chi connectivity index (χ3n) is 3.96. The quantitative estimate of drug-likeness (QED) is 0.840. The minimum Gasteiger partial charge on any atom is -0.320 e. The number of amides is 3. The number of likely N-dealkylation sites (tertiary alicyclic amines) is 1. The van der Waals surface area contributed by atoms with E-state index in [1.807, 2.05) is 4.90 Å². The Bertz CT molecular complexity index is 811. The third-order valence-corrected chi connectivity index (χ3v) is 3.96. The molecule has 0 radical (unpaired) electrons. The molecule has 0 saturated carbocycles. The summed E-state index contributed by atoms with van der Waals surface area (Å²) in [6.07, 6.45) is 3.53. The number of carbonyl (C=O) groups excluding carboxylic acids is 2. The number of para-hydroxylation sites is 1. The number of urea groups is 1. The summed E-state index contributed by atoms with van der Waals surface area (Å²) in [5.74, 6) is -0.349. The first-order chi connectivity index (χ1) is 11.6. The molecule has 0 aliphatic carbocycles. The van der Waals surface area contributed by atoms with Gasteiger partial charge in [0, 0.05) is 0 Å². The van der Waals surface area contributed by atoms with Crippen molar-refractivity contribution in [1.82, 2.24) is 25.1 Å². The van der Waals surface area contributed by atoms with E-state index in [4.69, 9.17) is 0 Å². The lowest BCUT2D eigenvalue weighted by Gasteiger charge is -2.14. The van der Waals surface area contributed by atoms with Crippen LogP contribution in [0.25, 0.3) is 10.9 Å². The zero-order valence-electron chi connectivity index (χ0n) is 13.2. The van der Waals surface area contributed by atoms with Crippen LogP contribution in [0.1, 0.15) is 12.8 Å². The summed E-state index contributed by atoms with van der Waals surface area (Å²) in [4.78, 5) is 42.0. The van der Waals surface area contributed by atoms with Gasteiger partial charge in [-0.1, -0.05) is 12.1 Å². The van der Waals surface area contributed by atoms with Crippen molar-refractivity contribution in [2.75, 3.05) is 19.6 Å². The third kappa shape index (κ3) is 3.77. The topological polar surface area (TPSA) is 96.3 Å². The van der Waals surface area contributed by atoms with Crippen LogP contribution < -0.4 is 16.2 Å². The molecule has 2 heterocycles. The number of carbonyl (C=O) groups is 2. The molecule has 2 aromatic rings. The zero-order valence-corrected chi connectivity index (χ0v) is 13.2. The van der Waals surface area contributed by atoms with Crippen LogP contribution >= 0.6 is 0 Å². The normalized spacial score (nSPS) is 14.7. The lowest BCUT2D eigenvalue weighted by Crippen LogP contribution is -2.45. The summed E-state index contributed by atoms with van der Waals surface area (Å²) in [5, 5.41) is 5.24. The fourth-order valence-electron chi connectivity index (χ4n) is 2.73. The highest BCUT2D eigenvalue weighted by Crippen LogP contribution is 2.06. The Hall–Kier alpha value is -2.74. The van der Waals surface area contributed by atoms with Crippen molar-refractivity contribution in [2.24, 2.45) is 0 Å². The van der Waals surface area contributed by atoms with Crippen LogP contribution in [0, 0.1) is 0 Å². The molecule has 1 aromatic heterocycles. The van der Waals surface area contributed by atoms with Crippen molar-refractivity contribution in [1.29, 1.82) is 0 Å². The molecule has 8 nitrogen and oxygen atoms in total. The van der Waals surface area contributed by atoms with E-state index in [2.05, 4.69) is 15.6 Å². The minimum absolute atomic E-state index is 0.0561. The van der Waals surface area contributed by atoms with E-state index in [9.17, 15) is 14.4 Å². The number of fused-ring (bicyclic) bond motifs is 1. The number of nitrogens with zero attached hydrogens (tertiary/aromatic N) is 3. The highest BCUT2D eigenvalue weighted by molar-refractivity contribution is 5.95. The summed E-state index contributed by atoms with van der Waals surface area (Å²) in [6.45, 7) is 1.92. The molecular formula is C16H19N5O3. The summed E-state index contributed by atoms with van der Waals surface area (Å²) in [6, 6.07) is 6.36. The van der Waals surface area contributed by atoms with Crippen LogP contribution in [-0.2, 0) is 11.5 Å². The van der Waals surface area contributed by atoms with Gasteiger partial charge in [0.2, 0.25) is 5.91 Å². The minimum atomic E-state index is -0.626. The Morgan fingerprint density at radius 3 is 2.71 bits per heavy atom. The maximum absolute atomic E-state index is 12.3. The molecule has 1 saturated heterocycles. The Kier molecular flexibility index (Phi) is 4.85. The molecule has 24 heavy (non-hydrogen) atoms. The van der Waals surface area contributed by atoms with E-state index in [1.54, 1.807) is 24.3 Å². The first-order valence-electron chi connectivity index (χ1n) is 7.88. The molecule has 8 heteroatoms. The van der Waals surface area contributed by atoms with Gasteiger partial charge in [-0.2, -0.15) is 0 Å². The molecule has 3 amide bonds. The standard InChI is InChI=1S/C16H19N5O3/c22-14(9-20-7-3-4-8-20)19-16(24)18-11-21-10-17-13-6-2-1-5-12(13)15(21)23/h1-2,5-6,10H,3-4,7-9,11H2,(H2,18,19,22,24). The van der Waals surface area contributed by atoms with E-state index in [0.717, 1.165) is 25.9 Å². The van der Waals surface area contributed by atoms with Gasteiger partial charge in [-0.25, -0.2) is 9.78 Å². The highest BCUT2D eigenvalue weighted by Gasteiger charge is 2.16. The van der Waals surface area contributed by atoms with E-state index < -0.39 is 6.03 Å². The molecule has 0 unspecified atom stereocenters. The SMILES string of the molecule is O=C(CN1CCCC1)NC(=O)NCn1cnc2ccccc2c1=O. The predicted molar refractivity (Wildman–Crippen MR) is 88.4 cm³/mol. The number of rotatable bonds is 4. The van der Waals surface area contributed by atoms with Crippen molar-refractivity contribution in [2.45, 2.75) is 19.5 Å². The second-order valence-electron chi connectivity index (χ2n) is 5.73. The number of imide groups is 1. The second kappa shape index (κ2) is 7.22. The van der Waals surface area contributed by atoms with E-state index in [0.29, 0.717) is 10.9 Å². The molecular weight excluding hydrogens is 310 g/mol. The van der Waals surface area contributed by atoms with Crippen LogP contribution in [0.5, 0.6) is 0 Å². The largest absolute Gasteiger partial charge is 0.322 e. The molecule has 1 aliphatic heterocycles. The van der Waals surface area contributed by atoms with E-state index in [1.165, 1.54) is 10.9 Å². The lowest BCUT2D eigenvalue weighted by molar-refractivity contribution is -0.120. The van der Waals surface area contributed by atoms with Gasteiger partial charge >= 0.3 is 6.03 Å². The smallest absolute Gasteiger partial charge is 0.320 e. The first-order valence-corrected chi connectivity index (χ1v) is 7.88. The first kappa shape index (κ1) is 16.1. The Balaban J connectivity index is 1.55. The molecule has 2 N–H and O–H groups in total. The number of hydrogen-bond acceptors (Lipinski definition) is 5. The van der Waals surface area contributed by atoms with Crippen LogP contribution in [0.3, 0.4) is 0 Å². The Morgan fingerprint density at radius 2 is 1.92 bits per heavy atom. The molecule has 1 fully saturated rings. The summed E-state index contributed by atoms with van der Waals surface area (Å²) in [5.41, 5.74) is 0.355. The molecule has 126 valence electrons. The maximum Gasteiger partial charge on any atom is 0.322 e. The van der Waals surface area contributed by atoms with E-state index in [-0.39, 0.29) is 24.7 Å². The van der Waals surface area contributed by atoms with Gasteiger partial charge in [0.25, 0.3) is 5.56 Å². The van der Waals surface area contributed by atoms with Gasteiger partial charge in [0.1, 0.15) is 6.67 Å². The number of hydrogen-bond donors (Lipinski definition) is 2. The van der Waals surface area contributed by atoms with Crippen molar-refractivity contribution < 1.29 is 9.59 Å². The van der Waals surface area contributed by atoms with Crippen LogP contribution in [0.15, 0.2) is 35.4 Å². The van der Waals surface area contributed by atoms with Crippen LogP contribution in [0.4, 0.5) is 4.79 Å². The molecule has 3 rings (SSSR count). The predicted octanol–water partition coefficient (Wildman–Crippen LogP) is 0.276. The average Bonchev–Trinajstić information content (AvgIpc) is 3.07. The maximum atomic E-state index is 12.3. The van der Waals surface area contributed by atoms with Crippen molar-refractivity contribution in [3.8, 4) is 0 Å². The number of nitrogens with one attached hydrogen (secondary N) is 2. The number of aromatic nitrogens is 2. The second-order valence-corrected chi connectivity index (χ2v) is 5.73. The summed E-state index contributed by atoms with van der Waals surface area (Å²) in [7, 11) is 0. The summed E-state index contributed by atoms with van der Waals surface area (Å²) >= 11 is 0. The zero-order chi connectivity index (χ0) is 16.9. The van der Waals surface area contributed by atoms with Crippen LogP contribution in [-0.4, -0.2) is 46.0 Å². The van der Waals surface area contributed by atoms with Gasteiger partial charge in [0.05, 0.1) is 23.8 Å². The monoisotopic (exact) mass is 329 g/mol.